The number of aromatic nitrogens is 1. The molecule has 7 nitrogen and oxygen atoms in total. The highest BCUT2D eigenvalue weighted by atomic mass is 35.5. The van der Waals surface area contributed by atoms with E-state index in [1.165, 1.54) is 0 Å². The first kappa shape index (κ1) is 21.2. The molecule has 2 N–H and O–H groups in total. The Balaban J connectivity index is 1.43. The number of anilines is 2. The maximum atomic E-state index is 13.4. The van der Waals surface area contributed by atoms with Crippen molar-refractivity contribution in [3.63, 3.8) is 0 Å². The summed E-state index contributed by atoms with van der Waals surface area (Å²) >= 11 is 12.2. The smallest absolute Gasteiger partial charge is 0.266 e. The molecule has 0 spiro atoms. The third kappa shape index (κ3) is 3.52. The second-order valence-corrected chi connectivity index (χ2v) is 10.6. The van der Waals surface area contributed by atoms with E-state index in [0.29, 0.717) is 10.0 Å². The monoisotopic (exact) mass is 489 g/mol. The minimum Gasteiger partial charge on any atom is -0.369 e. The van der Waals surface area contributed by atoms with Crippen molar-refractivity contribution < 1.29 is 8.42 Å². The molecule has 0 fully saturated rings. The van der Waals surface area contributed by atoms with Crippen molar-refractivity contribution in [1.82, 2.24) is 8.87 Å². The van der Waals surface area contributed by atoms with Crippen LogP contribution in [0.5, 0.6) is 0 Å². The summed E-state index contributed by atoms with van der Waals surface area (Å²) in [6.07, 6.45) is 2.75. The number of guanidine groups is 1. The highest BCUT2D eigenvalue weighted by molar-refractivity contribution is 7.89. The number of hydrogen-bond acceptors (Lipinski definition) is 5. The topological polar surface area (TPSA) is 83.9 Å². The van der Waals surface area contributed by atoms with Gasteiger partial charge in [0, 0.05) is 35.5 Å². The maximum absolute atomic E-state index is 13.4. The summed E-state index contributed by atoms with van der Waals surface area (Å²) in [5, 5.41) is 0.924. The lowest BCUT2D eigenvalue weighted by atomic mass is 10.1. The molecule has 1 atom stereocenters. The van der Waals surface area contributed by atoms with Gasteiger partial charge in [0.25, 0.3) is 10.0 Å². The van der Waals surface area contributed by atoms with Crippen LogP contribution in [0.3, 0.4) is 0 Å². The van der Waals surface area contributed by atoms with Crippen LogP contribution >= 0.6 is 23.2 Å². The molecule has 0 aliphatic carbocycles. The molecule has 5 rings (SSSR count). The number of aliphatic imine (C=N–C) groups is 1. The second kappa shape index (κ2) is 7.72. The molecule has 32 heavy (non-hydrogen) atoms. The van der Waals surface area contributed by atoms with Crippen LogP contribution in [-0.4, -0.2) is 36.3 Å². The lowest BCUT2D eigenvalue weighted by molar-refractivity contribution is 0.518. The lowest BCUT2D eigenvalue weighted by Gasteiger charge is -2.21. The number of fused-ring (bicyclic) bond motifs is 1. The first-order chi connectivity index (χ1) is 15.2. The Bertz CT molecular complexity index is 1330. The molecule has 2 aromatic carbocycles. The number of aryl methyl sites for hydroxylation is 1. The molecule has 2 aliphatic heterocycles. The van der Waals surface area contributed by atoms with Crippen molar-refractivity contribution in [2.45, 2.75) is 17.4 Å². The average molecular weight is 490 g/mol. The zero-order valence-corrected chi connectivity index (χ0v) is 19.6. The summed E-state index contributed by atoms with van der Waals surface area (Å²) in [5.41, 5.74) is 8.76. The third-order valence-corrected chi connectivity index (χ3v) is 8.08. The molecule has 1 aromatic heterocycles. The van der Waals surface area contributed by atoms with Gasteiger partial charge in [-0.25, -0.2) is 17.7 Å². The molecule has 0 radical (unpaired) electrons. The lowest BCUT2D eigenvalue weighted by Crippen LogP contribution is -2.39. The molecule has 0 saturated heterocycles. The van der Waals surface area contributed by atoms with E-state index in [1.54, 1.807) is 30.3 Å². The van der Waals surface area contributed by atoms with Gasteiger partial charge in [-0.2, -0.15) is 0 Å². The van der Waals surface area contributed by atoms with Gasteiger partial charge < -0.3 is 15.2 Å². The highest BCUT2D eigenvalue weighted by Gasteiger charge is 2.35. The summed E-state index contributed by atoms with van der Waals surface area (Å²) in [7, 11) is -1.87. The fourth-order valence-corrected chi connectivity index (χ4v) is 6.28. The van der Waals surface area contributed by atoms with Gasteiger partial charge in [0.15, 0.2) is 0 Å². The van der Waals surface area contributed by atoms with E-state index in [0.717, 1.165) is 39.9 Å². The number of rotatable bonds is 4. The van der Waals surface area contributed by atoms with Gasteiger partial charge in [0.1, 0.15) is 5.82 Å². The van der Waals surface area contributed by atoms with Crippen molar-refractivity contribution >= 4 is 50.7 Å². The molecule has 0 amide bonds. The van der Waals surface area contributed by atoms with Crippen molar-refractivity contribution in [2.75, 3.05) is 18.0 Å². The quantitative estimate of drug-likeness (QED) is 0.597. The number of hydrogen-bond donors (Lipinski definition) is 1. The van der Waals surface area contributed by atoms with Crippen LogP contribution in [0, 0.1) is 0 Å². The molecular formula is C22H21Cl2N5O2S. The van der Waals surface area contributed by atoms with E-state index in [1.807, 2.05) is 36.0 Å². The average Bonchev–Trinajstić information content (AvgIpc) is 3.44. The Morgan fingerprint density at radius 2 is 1.84 bits per heavy atom. The molecule has 10 heteroatoms. The SMILES string of the molecule is Cn1cccc1N1CCc2cc(S(=O)(=O)N3C[C@H](c4cc(Cl)cc(Cl)c4)N=C3N)ccc21. The first-order valence-electron chi connectivity index (χ1n) is 10.1. The van der Waals surface area contributed by atoms with Gasteiger partial charge in [-0.1, -0.05) is 23.2 Å². The van der Waals surface area contributed by atoms with Gasteiger partial charge in [-0.3, -0.25) is 0 Å². The number of halogens is 2. The Hall–Kier alpha value is -2.68. The molecule has 3 aromatic rings. The molecule has 0 saturated carbocycles. The highest BCUT2D eigenvalue weighted by Crippen LogP contribution is 2.37. The van der Waals surface area contributed by atoms with Crippen LogP contribution in [0.2, 0.25) is 10.0 Å². The predicted octanol–water partition coefficient (Wildman–Crippen LogP) is 4.09. The predicted molar refractivity (Wildman–Crippen MR) is 127 cm³/mol. The zero-order valence-electron chi connectivity index (χ0n) is 17.2. The van der Waals surface area contributed by atoms with Crippen LogP contribution in [0.4, 0.5) is 11.5 Å². The van der Waals surface area contributed by atoms with E-state index in [4.69, 9.17) is 28.9 Å². The normalized spacial score (nSPS) is 18.2. The Morgan fingerprint density at radius 3 is 2.53 bits per heavy atom. The maximum Gasteiger partial charge on any atom is 0.266 e. The van der Waals surface area contributed by atoms with Gasteiger partial charge in [-0.05, 0) is 66.1 Å². The minimum atomic E-state index is -3.86. The van der Waals surface area contributed by atoms with Gasteiger partial charge in [0.2, 0.25) is 5.96 Å². The molecule has 0 bridgehead atoms. The Morgan fingerprint density at radius 1 is 1.09 bits per heavy atom. The van der Waals surface area contributed by atoms with Gasteiger partial charge in [-0.15, -0.1) is 0 Å². The van der Waals surface area contributed by atoms with E-state index in [-0.39, 0.29) is 17.4 Å². The molecular weight excluding hydrogens is 469 g/mol. The molecule has 2 aliphatic rings. The summed E-state index contributed by atoms with van der Waals surface area (Å²) in [4.78, 5) is 6.75. The summed E-state index contributed by atoms with van der Waals surface area (Å²) in [6.45, 7) is 0.888. The van der Waals surface area contributed by atoms with Crippen molar-refractivity contribution in [3.8, 4) is 0 Å². The minimum absolute atomic E-state index is 0.0444. The fourth-order valence-electron chi connectivity index (χ4n) is 4.32. The largest absolute Gasteiger partial charge is 0.369 e. The number of nitrogens with two attached hydrogens (primary N) is 1. The van der Waals surface area contributed by atoms with E-state index in [9.17, 15) is 8.42 Å². The number of benzene rings is 2. The third-order valence-electron chi connectivity index (χ3n) is 5.88. The van der Waals surface area contributed by atoms with Crippen molar-refractivity contribution in [1.29, 1.82) is 0 Å². The van der Waals surface area contributed by atoms with Gasteiger partial charge >= 0.3 is 0 Å². The molecule has 166 valence electrons. The van der Waals surface area contributed by atoms with E-state index in [2.05, 4.69) is 9.89 Å². The second-order valence-electron chi connectivity index (χ2n) is 7.91. The van der Waals surface area contributed by atoms with Crippen molar-refractivity contribution in [3.05, 3.63) is 75.9 Å². The van der Waals surface area contributed by atoms with Crippen molar-refractivity contribution in [2.24, 2.45) is 17.8 Å². The fraction of sp³-hybridized carbons (Fsp3) is 0.227. The summed E-state index contributed by atoms with van der Waals surface area (Å²) < 4.78 is 30.0. The molecule has 0 unspecified atom stereocenters. The zero-order chi connectivity index (χ0) is 22.6. The van der Waals surface area contributed by atoms with Crippen LogP contribution in [0.1, 0.15) is 17.2 Å². The first-order valence-corrected chi connectivity index (χ1v) is 12.3. The number of nitrogens with zero attached hydrogens (tertiary/aromatic N) is 4. The van der Waals surface area contributed by atoms with Crippen LogP contribution in [0.25, 0.3) is 0 Å². The summed E-state index contributed by atoms with van der Waals surface area (Å²) in [5.74, 6) is 1.02. The van der Waals surface area contributed by atoms with E-state index < -0.39 is 16.1 Å². The van der Waals surface area contributed by atoms with Gasteiger partial charge in [0.05, 0.1) is 17.5 Å². The summed E-state index contributed by atoms with van der Waals surface area (Å²) in [6, 6.07) is 13.9. The molecule has 3 heterocycles. The Labute approximate surface area is 196 Å². The van der Waals surface area contributed by atoms with Crippen LogP contribution in [0.15, 0.2) is 64.6 Å². The van der Waals surface area contributed by atoms with E-state index >= 15 is 0 Å². The van der Waals surface area contributed by atoms with Crippen LogP contribution in [-0.2, 0) is 23.5 Å². The number of sulfonamides is 1. The standard InChI is InChI=1S/C22H21Cl2N5O2S/c1-27-7-2-3-21(27)28-8-6-14-11-18(4-5-20(14)28)32(30,31)29-13-19(26-22(29)25)15-9-16(23)12-17(24)10-15/h2-5,7,9-12,19H,6,8,13H2,1H3,(H2,25,26)/t19-/m1/s1. The van der Waals surface area contributed by atoms with Crippen LogP contribution < -0.4 is 10.6 Å². The Kier molecular flexibility index (Phi) is 5.11.